The molecule has 0 radical (unpaired) electrons. The van der Waals surface area contributed by atoms with Crippen LogP contribution in [0.4, 0.5) is 4.39 Å². The molecule has 7 heteroatoms. The van der Waals surface area contributed by atoms with Crippen LogP contribution < -0.4 is 0 Å². The number of rotatable bonds is 5. The standard InChI is InChI=1S/C23H27FN4O2/c1-15(2)19-13-21(27(3)26-19)23(29)28-10-5-4-9-20(28)22-25-14-18(30-22)12-16-7-6-8-17(24)11-16/h6-8,11,13-15,20H,4-5,9-10,12H2,1-3H3. The van der Waals surface area contributed by atoms with Crippen LogP contribution in [0.15, 0.2) is 40.9 Å². The highest BCUT2D eigenvalue weighted by molar-refractivity contribution is 5.93. The number of aryl methyl sites for hydroxylation is 1. The third kappa shape index (κ3) is 4.15. The summed E-state index contributed by atoms with van der Waals surface area (Å²) < 4.78 is 21.1. The molecule has 0 saturated carbocycles. The van der Waals surface area contributed by atoms with Gasteiger partial charge in [0, 0.05) is 20.0 Å². The summed E-state index contributed by atoms with van der Waals surface area (Å²) in [5, 5.41) is 4.48. The Kier molecular flexibility index (Phi) is 5.70. The molecule has 4 rings (SSSR count). The van der Waals surface area contributed by atoms with E-state index in [1.54, 1.807) is 24.0 Å². The lowest BCUT2D eigenvalue weighted by Crippen LogP contribution is -2.39. The van der Waals surface area contributed by atoms with Gasteiger partial charge in [-0.1, -0.05) is 26.0 Å². The number of hydrogen-bond donors (Lipinski definition) is 0. The Morgan fingerprint density at radius 2 is 2.13 bits per heavy atom. The van der Waals surface area contributed by atoms with E-state index in [-0.39, 0.29) is 23.7 Å². The summed E-state index contributed by atoms with van der Waals surface area (Å²) >= 11 is 0. The average molecular weight is 410 g/mol. The van der Waals surface area contributed by atoms with E-state index in [0.29, 0.717) is 30.3 Å². The Labute approximate surface area is 175 Å². The van der Waals surface area contributed by atoms with Gasteiger partial charge in [-0.3, -0.25) is 9.48 Å². The molecule has 0 N–H and O–H groups in total. The lowest BCUT2D eigenvalue weighted by molar-refractivity contribution is 0.0558. The second kappa shape index (κ2) is 8.42. The van der Waals surface area contributed by atoms with Crippen molar-refractivity contribution in [3.63, 3.8) is 0 Å². The van der Waals surface area contributed by atoms with Crippen LogP contribution in [0, 0.1) is 5.82 Å². The average Bonchev–Trinajstić information content (AvgIpc) is 3.34. The fourth-order valence-electron chi connectivity index (χ4n) is 3.96. The van der Waals surface area contributed by atoms with Gasteiger partial charge in [0.25, 0.3) is 5.91 Å². The Morgan fingerprint density at radius 1 is 1.30 bits per heavy atom. The van der Waals surface area contributed by atoms with Gasteiger partial charge in [0.05, 0.1) is 11.9 Å². The predicted molar refractivity (Wildman–Crippen MR) is 111 cm³/mol. The lowest BCUT2D eigenvalue weighted by Gasteiger charge is -2.33. The Hall–Kier alpha value is -2.96. The second-order valence-corrected chi connectivity index (χ2v) is 8.21. The minimum absolute atomic E-state index is 0.0496. The summed E-state index contributed by atoms with van der Waals surface area (Å²) in [6.45, 7) is 4.79. The molecule has 1 saturated heterocycles. The van der Waals surface area contributed by atoms with Gasteiger partial charge in [0.15, 0.2) is 0 Å². The van der Waals surface area contributed by atoms with Gasteiger partial charge in [-0.25, -0.2) is 9.37 Å². The number of piperidine rings is 1. The monoisotopic (exact) mass is 410 g/mol. The zero-order valence-corrected chi connectivity index (χ0v) is 17.6. The highest BCUT2D eigenvalue weighted by Gasteiger charge is 2.33. The molecule has 30 heavy (non-hydrogen) atoms. The molecule has 1 atom stereocenters. The second-order valence-electron chi connectivity index (χ2n) is 8.21. The minimum atomic E-state index is -0.270. The highest BCUT2D eigenvalue weighted by Crippen LogP contribution is 2.32. The van der Waals surface area contributed by atoms with Crippen molar-refractivity contribution in [2.75, 3.05) is 6.54 Å². The summed E-state index contributed by atoms with van der Waals surface area (Å²) in [5.41, 5.74) is 2.31. The van der Waals surface area contributed by atoms with Gasteiger partial charge < -0.3 is 9.32 Å². The molecule has 1 aliphatic heterocycles. The van der Waals surface area contributed by atoms with E-state index in [2.05, 4.69) is 23.9 Å². The topological polar surface area (TPSA) is 64.2 Å². The normalized spacial score (nSPS) is 17.0. The Bertz CT molecular complexity index is 1040. The zero-order chi connectivity index (χ0) is 21.3. The van der Waals surface area contributed by atoms with Crippen LogP contribution in [-0.2, 0) is 13.5 Å². The van der Waals surface area contributed by atoms with Gasteiger partial charge in [-0.05, 0) is 48.9 Å². The van der Waals surface area contributed by atoms with Gasteiger partial charge in [0.2, 0.25) is 5.89 Å². The maximum atomic E-state index is 13.5. The highest BCUT2D eigenvalue weighted by atomic mass is 19.1. The molecule has 1 amide bonds. The van der Waals surface area contributed by atoms with Crippen LogP contribution in [0.3, 0.4) is 0 Å². The summed E-state index contributed by atoms with van der Waals surface area (Å²) in [6, 6.07) is 8.13. The van der Waals surface area contributed by atoms with Gasteiger partial charge in [0.1, 0.15) is 23.3 Å². The van der Waals surface area contributed by atoms with E-state index >= 15 is 0 Å². The van der Waals surface area contributed by atoms with Crippen molar-refractivity contribution in [1.82, 2.24) is 19.7 Å². The SMILES string of the molecule is CC(C)c1cc(C(=O)N2CCCCC2c2ncc(Cc3cccc(F)c3)o2)n(C)n1. The quantitative estimate of drug-likeness (QED) is 0.615. The molecular formula is C23H27FN4O2. The maximum Gasteiger partial charge on any atom is 0.272 e. The van der Waals surface area contributed by atoms with E-state index in [1.807, 2.05) is 17.0 Å². The van der Waals surface area contributed by atoms with Crippen LogP contribution in [0.25, 0.3) is 0 Å². The third-order valence-electron chi connectivity index (χ3n) is 5.60. The molecule has 1 unspecified atom stereocenters. The first kappa shape index (κ1) is 20.3. The van der Waals surface area contributed by atoms with Gasteiger partial charge in [-0.15, -0.1) is 0 Å². The van der Waals surface area contributed by atoms with Crippen molar-refractivity contribution in [1.29, 1.82) is 0 Å². The summed E-state index contributed by atoms with van der Waals surface area (Å²) in [5.74, 6) is 1.14. The van der Waals surface area contributed by atoms with Crippen LogP contribution in [0.2, 0.25) is 0 Å². The van der Waals surface area contributed by atoms with Crippen molar-refractivity contribution in [3.05, 3.63) is 70.9 Å². The molecule has 158 valence electrons. The molecule has 0 spiro atoms. The van der Waals surface area contributed by atoms with E-state index in [1.165, 1.54) is 12.1 Å². The van der Waals surface area contributed by atoms with Crippen LogP contribution in [0.1, 0.15) is 78.5 Å². The number of carbonyl (C=O) groups is 1. The molecular weight excluding hydrogens is 383 g/mol. The van der Waals surface area contributed by atoms with Crippen LogP contribution in [0.5, 0.6) is 0 Å². The van der Waals surface area contributed by atoms with Crippen LogP contribution >= 0.6 is 0 Å². The van der Waals surface area contributed by atoms with E-state index < -0.39 is 0 Å². The fraction of sp³-hybridized carbons (Fsp3) is 0.435. The number of oxazole rings is 1. The first-order valence-electron chi connectivity index (χ1n) is 10.5. The molecule has 6 nitrogen and oxygen atoms in total. The van der Waals surface area contributed by atoms with Crippen molar-refractivity contribution in [2.24, 2.45) is 7.05 Å². The van der Waals surface area contributed by atoms with Crippen molar-refractivity contribution in [3.8, 4) is 0 Å². The summed E-state index contributed by atoms with van der Waals surface area (Å²) in [7, 11) is 1.81. The minimum Gasteiger partial charge on any atom is -0.443 e. The van der Waals surface area contributed by atoms with Crippen molar-refractivity contribution < 1.29 is 13.6 Å². The number of likely N-dealkylation sites (tertiary alicyclic amines) is 1. The van der Waals surface area contributed by atoms with Crippen LogP contribution in [-0.4, -0.2) is 32.1 Å². The molecule has 2 aromatic heterocycles. The first-order chi connectivity index (χ1) is 14.4. The molecule has 0 bridgehead atoms. The zero-order valence-electron chi connectivity index (χ0n) is 17.6. The molecule has 3 aromatic rings. The lowest BCUT2D eigenvalue weighted by atomic mass is 10.0. The van der Waals surface area contributed by atoms with E-state index in [9.17, 15) is 9.18 Å². The molecule has 3 heterocycles. The number of amides is 1. The third-order valence-corrected chi connectivity index (χ3v) is 5.60. The number of hydrogen-bond acceptors (Lipinski definition) is 4. The fourth-order valence-corrected chi connectivity index (χ4v) is 3.96. The smallest absolute Gasteiger partial charge is 0.272 e. The number of nitrogens with zero attached hydrogens (tertiary/aromatic N) is 4. The molecule has 1 aliphatic rings. The maximum absolute atomic E-state index is 13.5. The number of aromatic nitrogens is 3. The predicted octanol–water partition coefficient (Wildman–Crippen LogP) is 4.63. The van der Waals surface area contributed by atoms with Crippen molar-refractivity contribution >= 4 is 5.91 Å². The number of carbonyl (C=O) groups excluding carboxylic acids is 1. The Balaban J connectivity index is 1.55. The number of halogens is 1. The number of benzene rings is 1. The molecule has 1 aromatic carbocycles. The molecule has 0 aliphatic carbocycles. The summed E-state index contributed by atoms with van der Waals surface area (Å²) in [6.07, 6.45) is 4.91. The largest absolute Gasteiger partial charge is 0.443 e. The molecule has 1 fully saturated rings. The Morgan fingerprint density at radius 3 is 2.87 bits per heavy atom. The van der Waals surface area contributed by atoms with E-state index in [0.717, 1.165) is 30.5 Å². The van der Waals surface area contributed by atoms with E-state index in [4.69, 9.17) is 4.42 Å². The van der Waals surface area contributed by atoms with Gasteiger partial charge in [-0.2, -0.15) is 5.10 Å². The summed E-state index contributed by atoms with van der Waals surface area (Å²) in [4.78, 5) is 19.6. The first-order valence-corrected chi connectivity index (χ1v) is 10.5. The van der Waals surface area contributed by atoms with Gasteiger partial charge >= 0.3 is 0 Å². The van der Waals surface area contributed by atoms with Crippen molar-refractivity contribution in [2.45, 2.75) is 51.5 Å².